The molecule has 0 aliphatic carbocycles. The van der Waals surface area contributed by atoms with Gasteiger partial charge in [-0.05, 0) is 24.0 Å². The molecule has 1 aromatic heterocycles. The van der Waals surface area contributed by atoms with E-state index in [1.54, 1.807) is 0 Å². The van der Waals surface area contributed by atoms with Gasteiger partial charge in [0.15, 0.2) is 5.16 Å². The van der Waals surface area contributed by atoms with Crippen LogP contribution in [0.4, 0.5) is 0 Å². The molecule has 0 atom stereocenters. The zero-order chi connectivity index (χ0) is 15.2. The molecule has 0 radical (unpaired) electrons. The lowest BCUT2D eigenvalue weighted by Crippen LogP contribution is -2.07. The van der Waals surface area contributed by atoms with Crippen molar-refractivity contribution in [3.05, 3.63) is 47.3 Å². The number of hydrogen-bond acceptors (Lipinski definition) is 3. The summed E-state index contributed by atoms with van der Waals surface area (Å²) < 4.78 is 2.11. The van der Waals surface area contributed by atoms with Gasteiger partial charge in [0.25, 0.3) is 0 Å². The minimum atomic E-state index is -0.820. The van der Waals surface area contributed by atoms with Crippen molar-refractivity contribution in [1.29, 1.82) is 0 Å². The van der Waals surface area contributed by atoms with Gasteiger partial charge >= 0.3 is 5.97 Å². The maximum absolute atomic E-state index is 10.7. The van der Waals surface area contributed by atoms with E-state index in [4.69, 9.17) is 5.11 Å². The molecule has 0 saturated carbocycles. The average molecular weight is 304 g/mol. The number of rotatable bonds is 7. The summed E-state index contributed by atoms with van der Waals surface area (Å²) in [5.74, 6) is -0.783. The van der Waals surface area contributed by atoms with Gasteiger partial charge < -0.3 is 9.67 Å². The number of carboxylic acid groups (broad SMARTS) is 1. The van der Waals surface area contributed by atoms with E-state index in [2.05, 4.69) is 47.7 Å². The third-order valence-electron chi connectivity index (χ3n) is 3.36. The number of aliphatic carboxylic acids is 1. The molecule has 1 aromatic carbocycles. The second kappa shape index (κ2) is 7.31. The zero-order valence-electron chi connectivity index (χ0n) is 12.4. The summed E-state index contributed by atoms with van der Waals surface area (Å²) in [6, 6.07) is 8.54. The van der Waals surface area contributed by atoms with Crippen LogP contribution in [-0.4, -0.2) is 26.4 Å². The van der Waals surface area contributed by atoms with E-state index in [0.29, 0.717) is 0 Å². The lowest BCUT2D eigenvalue weighted by Gasteiger charge is -2.11. The van der Waals surface area contributed by atoms with Crippen LogP contribution in [0.5, 0.6) is 0 Å². The van der Waals surface area contributed by atoms with Gasteiger partial charge in [0, 0.05) is 18.4 Å². The third kappa shape index (κ3) is 4.11. The van der Waals surface area contributed by atoms with E-state index in [9.17, 15) is 4.79 Å². The van der Waals surface area contributed by atoms with Crippen LogP contribution in [0.15, 0.2) is 35.6 Å². The predicted octanol–water partition coefficient (Wildman–Crippen LogP) is 3.23. The smallest absolute Gasteiger partial charge is 0.313 e. The lowest BCUT2D eigenvalue weighted by molar-refractivity contribution is -0.133. The number of aryl methyl sites for hydroxylation is 2. The van der Waals surface area contributed by atoms with Crippen LogP contribution in [0, 0.1) is 0 Å². The first-order valence-corrected chi connectivity index (χ1v) is 8.09. The average Bonchev–Trinajstić information content (AvgIpc) is 2.88. The molecule has 2 aromatic rings. The molecule has 0 unspecified atom stereocenters. The van der Waals surface area contributed by atoms with Crippen molar-refractivity contribution in [2.75, 3.05) is 5.75 Å². The summed E-state index contributed by atoms with van der Waals surface area (Å²) >= 11 is 1.27. The van der Waals surface area contributed by atoms with Crippen molar-refractivity contribution < 1.29 is 9.90 Å². The second-order valence-electron chi connectivity index (χ2n) is 4.82. The Morgan fingerprint density at radius 2 is 1.86 bits per heavy atom. The maximum Gasteiger partial charge on any atom is 0.313 e. The van der Waals surface area contributed by atoms with Crippen LogP contribution in [0.1, 0.15) is 30.7 Å². The Balaban J connectivity index is 2.19. The Kier molecular flexibility index (Phi) is 5.44. The van der Waals surface area contributed by atoms with Gasteiger partial charge in [-0.3, -0.25) is 4.79 Å². The molecular formula is C16H20N2O2S. The highest BCUT2D eigenvalue weighted by Crippen LogP contribution is 2.20. The molecule has 0 bridgehead atoms. The highest BCUT2D eigenvalue weighted by atomic mass is 32.2. The van der Waals surface area contributed by atoms with Crippen molar-refractivity contribution in [3.8, 4) is 0 Å². The first-order chi connectivity index (χ1) is 10.1. The number of nitrogens with zero attached hydrogens (tertiary/aromatic N) is 2. The fourth-order valence-electron chi connectivity index (χ4n) is 2.15. The SMILES string of the molecule is CCc1ccc(Cn2c(CC)cnc2SCC(=O)O)cc1. The van der Waals surface area contributed by atoms with Gasteiger partial charge in [-0.25, -0.2) is 4.98 Å². The normalized spacial score (nSPS) is 10.8. The monoisotopic (exact) mass is 304 g/mol. The summed E-state index contributed by atoms with van der Waals surface area (Å²) in [7, 11) is 0. The first-order valence-electron chi connectivity index (χ1n) is 7.10. The van der Waals surface area contributed by atoms with Gasteiger partial charge in [-0.1, -0.05) is 49.9 Å². The predicted molar refractivity (Wildman–Crippen MR) is 84.9 cm³/mol. The number of thioether (sulfide) groups is 1. The van der Waals surface area contributed by atoms with Crippen molar-refractivity contribution >= 4 is 17.7 Å². The number of imidazole rings is 1. The molecule has 0 saturated heterocycles. The van der Waals surface area contributed by atoms with E-state index >= 15 is 0 Å². The Morgan fingerprint density at radius 1 is 1.19 bits per heavy atom. The van der Waals surface area contributed by atoms with Gasteiger partial charge in [0.05, 0.1) is 5.75 Å². The summed E-state index contributed by atoms with van der Waals surface area (Å²) in [5, 5.41) is 9.59. The third-order valence-corrected chi connectivity index (χ3v) is 4.34. The van der Waals surface area contributed by atoms with E-state index < -0.39 is 5.97 Å². The van der Waals surface area contributed by atoms with Crippen LogP contribution in [0.25, 0.3) is 0 Å². The molecule has 112 valence electrons. The van der Waals surface area contributed by atoms with Crippen molar-refractivity contribution in [1.82, 2.24) is 9.55 Å². The molecule has 0 aliphatic heterocycles. The van der Waals surface area contributed by atoms with Gasteiger partial charge in [-0.2, -0.15) is 0 Å². The number of hydrogen-bond donors (Lipinski definition) is 1. The van der Waals surface area contributed by atoms with Gasteiger partial charge in [0.2, 0.25) is 0 Å². The summed E-state index contributed by atoms with van der Waals surface area (Å²) in [5.41, 5.74) is 3.65. The fourth-order valence-corrected chi connectivity index (χ4v) is 2.87. The van der Waals surface area contributed by atoms with Crippen LogP contribution in [0.3, 0.4) is 0 Å². The molecule has 0 aliphatic rings. The Labute approximate surface area is 129 Å². The molecule has 2 rings (SSSR count). The lowest BCUT2D eigenvalue weighted by atomic mass is 10.1. The van der Waals surface area contributed by atoms with Crippen LogP contribution < -0.4 is 0 Å². The quantitative estimate of drug-likeness (QED) is 0.798. The van der Waals surface area contributed by atoms with E-state index in [1.165, 1.54) is 22.9 Å². The van der Waals surface area contributed by atoms with Crippen LogP contribution >= 0.6 is 11.8 Å². The molecule has 0 amide bonds. The number of aromatic nitrogens is 2. The summed E-state index contributed by atoms with van der Waals surface area (Å²) in [6.07, 6.45) is 3.75. The standard InChI is InChI=1S/C16H20N2O2S/c1-3-12-5-7-13(8-6-12)10-18-14(4-2)9-17-16(18)21-11-15(19)20/h5-9H,3-4,10-11H2,1-2H3,(H,19,20). The maximum atomic E-state index is 10.7. The van der Waals surface area contributed by atoms with Gasteiger partial charge in [0.1, 0.15) is 0 Å². The summed E-state index contributed by atoms with van der Waals surface area (Å²) in [6.45, 7) is 4.95. The van der Waals surface area contributed by atoms with Gasteiger partial charge in [-0.15, -0.1) is 0 Å². The number of benzene rings is 1. The minimum Gasteiger partial charge on any atom is -0.481 e. The molecular weight excluding hydrogens is 284 g/mol. The zero-order valence-corrected chi connectivity index (χ0v) is 13.2. The van der Waals surface area contributed by atoms with Crippen LogP contribution in [0.2, 0.25) is 0 Å². The number of carbonyl (C=O) groups is 1. The minimum absolute atomic E-state index is 0.0366. The topological polar surface area (TPSA) is 55.1 Å². The highest BCUT2D eigenvalue weighted by molar-refractivity contribution is 7.99. The van der Waals surface area contributed by atoms with Crippen molar-refractivity contribution in [2.24, 2.45) is 0 Å². The van der Waals surface area contributed by atoms with E-state index in [0.717, 1.165) is 30.2 Å². The number of carboxylic acids is 1. The Morgan fingerprint density at radius 3 is 2.43 bits per heavy atom. The molecule has 1 heterocycles. The van der Waals surface area contributed by atoms with Crippen molar-refractivity contribution in [2.45, 2.75) is 38.4 Å². The van der Waals surface area contributed by atoms with Crippen LogP contribution in [-0.2, 0) is 24.2 Å². The fraction of sp³-hybridized carbons (Fsp3) is 0.375. The molecule has 0 spiro atoms. The summed E-state index contributed by atoms with van der Waals surface area (Å²) in [4.78, 5) is 15.1. The first kappa shape index (κ1) is 15.6. The second-order valence-corrected chi connectivity index (χ2v) is 5.77. The molecule has 0 fully saturated rings. The molecule has 5 heteroatoms. The highest BCUT2D eigenvalue weighted by Gasteiger charge is 2.11. The van der Waals surface area contributed by atoms with E-state index in [-0.39, 0.29) is 5.75 Å². The van der Waals surface area contributed by atoms with E-state index in [1.807, 2.05) is 6.20 Å². The largest absolute Gasteiger partial charge is 0.481 e. The molecule has 1 N–H and O–H groups in total. The van der Waals surface area contributed by atoms with Crippen molar-refractivity contribution in [3.63, 3.8) is 0 Å². The Hall–Kier alpha value is -1.75. The Bertz CT molecular complexity index is 605. The molecule has 4 nitrogen and oxygen atoms in total. The molecule has 21 heavy (non-hydrogen) atoms.